The van der Waals surface area contributed by atoms with Gasteiger partial charge in [-0.3, -0.25) is 4.79 Å². The lowest BCUT2D eigenvalue weighted by atomic mass is 10.3. The number of pyridine rings is 1. The summed E-state index contributed by atoms with van der Waals surface area (Å²) in [7, 11) is 0. The average molecular weight is 332 g/mol. The number of rotatable bonds is 7. The minimum absolute atomic E-state index is 0. The van der Waals surface area contributed by atoms with Gasteiger partial charge in [0.15, 0.2) is 6.61 Å². The smallest absolute Gasteiger partial charge is 0.340 e. The Morgan fingerprint density at radius 2 is 2.10 bits per heavy atom. The van der Waals surface area contributed by atoms with E-state index in [1.54, 1.807) is 0 Å². The second-order valence-electron chi connectivity index (χ2n) is 3.82. The highest BCUT2D eigenvalue weighted by Crippen LogP contribution is 2.23. The third kappa shape index (κ3) is 6.58. The van der Waals surface area contributed by atoms with Crippen molar-refractivity contribution in [3.05, 3.63) is 18.3 Å². The number of halogens is 5. The molecule has 0 radical (unpaired) electrons. The summed E-state index contributed by atoms with van der Waals surface area (Å²) >= 11 is 0. The molecule has 0 spiro atoms. The van der Waals surface area contributed by atoms with Crippen LogP contribution < -0.4 is 15.8 Å². The number of amides is 1. The summed E-state index contributed by atoms with van der Waals surface area (Å²) < 4.78 is 53.4. The average Bonchev–Trinajstić information content (AvgIpc) is 2.38. The molecular weight excluding hydrogens is 318 g/mol. The van der Waals surface area contributed by atoms with E-state index < -0.39 is 19.0 Å². The van der Waals surface area contributed by atoms with E-state index in [1.165, 1.54) is 12.1 Å². The molecule has 0 bridgehead atoms. The second-order valence-corrected chi connectivity index (χ2v) is 3.82. The van der Waals surface area contributed by atoms with Crippen LogP contribution in [-0.2, 0) is 4.79 Å². The number of hydrogen-bond acceptors (Lipinski definition) is 4. The van der Waals surface area contributed by atoms with E-state index in [1.807, 2.05) is 0 Å². The van der Waals surface area contributed by atoms with Crippen LogP contribution in [0.15, 0.2) is 18.3 Å². The molecule has 3 N–H and O–H groups in total. The first-order chi connectivity index (χ1) is 9.35. The van der Waals surface area contributed by atoms with Crippen molar-refractivity contribution >= 4 is 24.0 Å². The predicted octanol–water partition coefficient (Wildman–Crippen LogP) is 2.07. The fourth-order valence-electron chi connectivity index (χ4n) is 1.13. The molecule has 0 aliphatic heterocycles. The zero-order valence-corrected chi connectivity index (χ0v) is 11.5. The Labute approximate surface area is 124 Å². The Morgan fingerprint density at radius 3 is 2.57 bits per heavy atom. The zero-order chi connectivity index (χ0) is 15.2. The van der Waals surface area contributed by atoms with Gasteiger partial charge in [-0.15, -0.1) is 12.4 Å². The second kappa shape index (κ2) is 8.63. The van der Waals surface area contributed by atoms with Crippen LogP contribution in [0.4, 0.5) is 23.2 Å². The summed E-state index contributed by atoms with van der Waals surface area (Å²) in [5.41, 5.74) is 5.50. The number of hydrogen-bond donors (Lipinski definition) is 2. The van der Waals surface area contributed by atoms with Gasteiger partial charge in [-0.2, -0.15) is 8.78 Å². The summed E-state index contributed by atoms with van der Waals surface area (Å²) in [5.74, 6) is -4.82. The quantitative estimate of drug-likeness (QED) is 0.750. The predicted molar refractivity (Wildman–Crippen MR) is 70.2 cm³/mol. The molecule has 5 nitrogen and oxygen atoms in total. The van der Waals surface area contributed by atoms with Crippen molar-refractivity contribution in [3.8, 4) is 5.88 Å². The van der Waals surface area contributed by atoms with Gasteiger partial charge in [0.05, 0.1) is 11.9 Å². The zero-order valence-electron chi connectivity index (χ0n) is 10.7. The summed E-state index contributed by atoms with van der Waals surface area (Å²) in [6.45, 7) is -1.29. The number of nitrogens with one attached hydrogen (secondary N) is 1. The van der Waals surface area contributed by atoms with Crippen LogP contribution in [0.2, 0.25) is 0 Å². The molecule has 0 aliphatic carbocycles. The number of anilines is 1. The molecular formula is C11H14ClF4N3O2. The molecule has 21 heavy (non-hydrogen) atoms. The van der Waals surface area contributed by atoms with Gasteiger partial charge in [-0.05, 0) is 6.07 Å². The third-order valence-corrected chi connectivity index (χ3v) is 2.12. The van der Waals surface area contributed by atoms with Gasteiger partial charge in [-0.25, -0.2) is 13.8 Å². The number of carbonyl (C=O) groups excluding carboxylic acids is 1. The Morgan fingerprint density at radius 1 is 1.43 bits per heavy atom. The van der Waals surface area contributed by atoms with Crippen molar-refractivity contribution in [2.75, 3.05) is 18.5 Å². The summed E-state index contributed by atoms with van der Waals surface area (Å²) in [5, 5.41) is 2.46. The van der Waals surface area contributed by atoms with E-state index in [2.05, 4.69) is 15.0 Å². The fourth-order valence-corrected chi connectivity index (χ4v) is 1.13. The lowest BCUT2D eigenvalue weighted by Crippen LogP contribution is -2.33. The molecule has 0 aromatic carbocycles. The van der Waals surface area contributed by atoms with Gasteiger partial charge in [0.1, 0.15) is 0 Å². The molecule has 0 unspecified atom stereocenters. The molecule has 0 saturated carbocycles. The van der Waals surface area contributed by atoms with Gasteiger partial charge < -0.3 is 15.8 Å². The lowest BCUT2D eigenvalue weighted by Gasteiger charge is -2.15. The van der Waals surface area contributed by atoms with Crippen LogP contribution in [0.3, 0.4) is 0 Å². The van der Waals surface area contributed by atoms with E-state index in [4.69, 9.17) is 5.73 Å². The molecule has 0 atom stereocenters. The number of carbonyl (C=O) groups is 1. The largest absolute Gasteiger partial charge is 0.471 e. The van der Waals surface area contributed by atoms with Crippen molar-refractivity contribution in [1.29, 1.82) is 0 Å². The molecule has 0 aliphatic rings. The highest BCUT2D eigenvalue weighted by Gasteiger charge is 2.41. The van der Waals surface area contributed by atoms with E-state index in [0.717, 1.165) is 6.20 Å². The normalized spacial score (nSPS) is 11.0. The Hall–Kier alpha value is -1.61. The van der Waals surface area contributed by atoms with Crippen LogP contribution in [0.5, 0.6) is 5.88 Å². The lowest BCUT2D eigenvalue weighted by molar-refractivity contribution is -0.148. The summed E-state index contributed by atoms with van der Waals surface area (Å²) in [6.07, 6.45) is -2.53. The third-order valence-electron chi connectivity index (χ3n) is 2.12. The van der Waals surface area contributed by atoms with Crippen molar-refractivity contribution in [2.45, 2.75) is 18.8 Å². The molecule has 120 valence electrons. The Balaban J connectivity index is 0.00000400. The fraction of sp³-hybridized carbons (Fsp3) is 0.455. The maximum Gasteiger partial charge on any atom is 0.340 e. The number of nitrogens with two attached hydrogens (primary N) is 1. The van der Waals surface area contributed by atoms with Crippen molar-refractivity contribution in [1.82, 2.24) is 4.98 Å². The highest BCUT2D eigenvalue weighted by molar-refractivity contribution is 5.90. The van der Waals surface area contributed by atoms with Crippen molar-refractivity contribution in [3.63, 3.8) is 0 Å². The maximum absolute atomic E-state index is 12.6. The van der Waals surface area contributed by atoms with Gasteiger partial charge in [0.2, 0.25) is 11.8 Å². The first kappa shape index (κ1) is 19.4. The summed E-state index contributed by atoms with van der Waals surface area (Å²) in [4.78, 5) is 14.8. The molecule has 1 rings (SSSR count). The molecule has 1 heterocycles. The van der Waals surface area contributed by atoms with Crippen molar-refractivity contribution in [2.24, 2.45) is 5.73 Å². The number of ether oxygens (including phenoxy) is 1. The van der Waals surface area contributed by atoms with E-state index in [-0.39, 0.29) is 37.2 Å². The van der Waals surface area contributed by atoms with Crippen LogP contribution in [0.25, 0.3) is 0 Å². The molecule has 1 aromatic heterocycles. The van der Waals surface area contributed by atoms with Crippen LogP contribution in [-0.4, -0.2) is 36.4 Å². The van der Waals surface area contributed by atoms with E-state index in [0.29, 0.717) is 5.69 Å². The van der Waals surface area contributed by atoms with Gasteiger partial charge in [-0.1, -0.05) is 0 Å². The van der Waals surface area contributed by atoms with Crippen LogP contribution in [0.1, 0.15) is 6.42 Å². The molecule has 10 heteroatoms. The van der Waals surface area contributed by atoms with Crippen LogP contribution in [0, 0.1) is 0 Å². The maximum atomic E-state index is 12.6. The molecule has 0 saturated heterocycles. The van der Waals surface area contributed by atoms with Gasteiger partial charge >= 0.3 is 12.3 Å². The number of alkyl halides is 4. The van der Waals surface area contributed by atoms with Gasteiger partial charge in [0.25, 0.3) is 0 Å². The van der Waals surface area contributed by atoms with Crippen molar-refractivity contribution < 1.29 is 27.1 Å². The van der Waals surface area contributed by atoms with Gasteiger partial charge in [0, 0.05) is 19.0 Å². The van der Waals surface area contributed by atoms with E-state index >= 15 is 0 Å². The Kier molecular flexibility index (Phi) is 7.97. The minimum Gasteiger partial charge on any atom is -0.471 e. The van der Waals surface area contributed by atoms with E-state index in [9.17, 15) is 22.4 Å². The topological polar surface area (TPSA) is 77.2 Å². The minimum atomic E-state index is -4.24. The first-order valence-electron chi connectivity index (χ1n) is 5.60. The number of nitrogens with zero attached hydrogens (tertiary/aromatic N) is 1. The standard InChI is InChI=1S/C11H13F4N3O2.ClH/c12-10(13)11(14,15)6-20-9-2-1-7(5-17-9)18-8(19)3-4-16;/h1-2,5,10H,3-4,6,16H2,(H,18,19);1H. The Bertz CT molecular complexity index is 446. The first-order valence-corrected chi connectivity index (χ1v) is 5.60. The molecule has 0 fully saturated rings. The SMILES string of the molecule is Cl.NCCC(=O)Nc1ccc(OCC(F)(F)C(F)F)nc1. The molecule has 1 amide bonds. The highest BCUT2D eigenvalue weighted by atomic mass is 35.5. The number of aromatic nitrogens is 1. The van der Waals surface area contributed by atoms with Crippen LogP contribution >= 0.6 is 12.4 Å². The molecule has 1 aromatic rings. The summed E-state index contributed by atoms with van der Waals surface area (Å²) in [6, 6.07) is 2.52. The monoisotopic (exact) mass is 331 g/mol.